The van der Waals surface area contributed by atoms with Gasteiger partial charge in [-0.2, -0.15) is 0 Å². The summed E-state index contributed by atoms with van der Waals surface area (Å²) in [6.45, 7) is 8.29. The monoisotopic (exact) mass is 237 g/mol. The third-order valence-electron chi connectivity index (χ3n) is 3.59. The van der Waals surface area contributed by atoms with Gasteiger partial charge in [0.1, 0.15) is 5.75 Å². The maximum atomic E-state index is 9.42. The first-order valence-corrected chi connectivity index (χ1v) is 5.84. The highest BCUT2D eigenvalue weighted by Gasteiger charge is 2.24. The molecule has 0 radical (unpaired) electrons. The summed E-state index contributed by atoms with van der Waals surface area (Å²) < 4.78 is 5.30. The number of methoxy groups -OCH3 is 1. The summed E-state index contributed by atoms with van der Waals surface area (Å²) in [5.74, 6) is 0.904. The number of aliphatic hydroxyl groups is 1. The van der Waals surface area contributed by atoms with E-state index in [0.717, 1.165) is 17.0 Å². The molecule has 0 heterocycles. The lowest BCUT2D eigenvalue weighted by atomic mass is 10.00. The van der Waals surface area contributed by atoms with Crippen LogP contribution in [0, 0.1) is 13.8 Å². The van der Waals surface area contributed by atoms with E-state index in [1.165, 1.54) is 5.56 Å². The van der Waals surface area contributed by atoms with Crippen molar-refractivity contribution in [1.29, 1.82) is 0 Å². The molecule has 0 fully saturated rings. The Bertz CT molecular complexity index is 399. The van der Waals surface area contributed by atoms with Gasteiger partial charge in [0.05, 0.1) is 19.3 Å². The summed E-state index contributed by atoms with van der Waals surface area (Å²) >= 11 is 0. The van der Waals surface area contributed by atoms with E-state index in [4.69, 9.17) is 4.74 Å². The van der Waals surface area contributed by atoms with Crippen molar-refractivity contribution < 1.29 is 9.84 Å². The minimum absolute atomic E-state index is 0.119. The van der Waals surface area contributed by atoms with E-state index >= 15 is 0 Å². The van der Waals surface area contributed by atoms with Crippen LogP contribution in [0.4, 0.5) is 5.69 Å². The molecule has 0 aliphatic rings. The van der Waals surface area contributed by atoms with Crippen molar-refractivity contribution in [2.75, 3.05) is 25.7 Å². The average Bonchev–Trinajstić information content (AvgIpc) is 2.31. The molecule has 0 spiro atoms. The van der Waals surface area contributed by atoms with Gasteiger partial charge in [-0.05, 0) is 51.0 Å². The van der Waals surface area contributed by atoms with Crippen LogP contribution in [0.5, 0.6) is 5.75 Å². The maximum Gasteiger partial charge on any atom is 0.122 e. The van der Waals surface area contributed by atoms with Crippen LogP contribution in [0.2, 0.25) is 0 Å². The largest absolute Gasteiger partial charge is 0.496 e. The summed E-state index contributed by atoms with van der Waals surface area (Å²) in [7, 11) is 3.69. The topological polar surface area (TPSA) is 32.7 Å². The van der Waals surface area contributed by atoms with Crippen LogP contribution in [0.15, 0.2) is 12.1 Å². The Morgan fingerprint density at radius 3 is 2.29 bits per heavy atom. The molecular weight excluding hydrogens is 214 g/mol. The smallest absolute Gasteiger partial charge is 0.122 e. The number of benzene rings is 1. The van der Waals surface area contributed by atoms with Crippen LogP contribution < -0.4 is 9.64 Å². The van der Waals surface area contributed by atoms with Gasteiger partial charge in [0.2, 0.25) is 0 Å². The molecule has 0 saturated carbocycles. The Balaban J connectivity index is 3.21. The lowest BCUT2D eigenvalue weighted by molar-refractivity contribution is 0.216. The minimum Gasteiger partial charge on any atom is -0.496 e. The normalized spacial score (nSPS) is 11.5. The maximum absolute atomic E-state index is 9.42. The highest BCUT2D eigenvalue weighted by atomic mass is 16.5. The van der Waals surface area contributed by atoms with Crippen molar-refractivity contribution in [2.24, 2.45) is 0 Å². The zero-order chi connectivity index (χ0) is 13.2. The number of anilines is 1. The molecule has 1 aromatic carbocycles. The molecule has 0 amide bonds. The molecule has 3 heteroatoms. The van der Waals surface area contributed by atoms with Gasteiger partial charge in [0.25, 0.3) is 0 Å². The molecule has 0 aliphatic carbocycles. The van der Waals surface area contributed by atoms with E-state index in [-0.39, 0.29) is 12.1 Å². The highest BCUT2D eigenvalue weighted by Crippen LogP contribution is 2.32. The van der Waals surface area contributed by atoms with Crippen LogP contribution in [-0.2, 0) is 0 Å². The number of hydrogen-bond acceptors (Lipinski definition) is 3. The van der Waals surface area contributed by atoms with Crippen LogP contribution in [0.1, 0.15) is 25.0 Å². The van der Waals surface area contributed by atoms with Crippen molar-refractivity contribution in [3.63, 3.8) is 0 Å². The zero-order valence-electron chi connectivity index (χ0n) is 11.7. The highest BCUT2D eigenvalue weighted by molar-refractivity contribution is 5.60. The molecule has 17 heavy (non-hydrogen) atoms. The summed E-state index contributed by atoms with van der Waals surface area (Å²) in [6.07, 6.45) is 0. The first kappa shape index (κ1) is 13.8. The second-order valence-corrected chi connectivity index (χ2v) is 5.07. The average molecular weight is 237 g/mol. The molecule has 0 bridgehead atoms. The third kappa shape index (κ3) is 2.55. The molecule has 0 aromatic heterocycles. The third-order valence-corrected chi connectivity index (χ3v) is 3.59. The predicted molar refractivity (Wildman–Crippen MR) is 72.0 cm³/mol. The van der Waals surface area contributed by atoms with Gasteiger partial charge in [0.15, 0.2) is 0 Å². The second kappa shape index (κ2) is 4.96. The predicted octanol–water partition coefficient (Wildman–Crippen LogP) is 2.52. The van der Waals surface area contributed by atoms with Crippen molar-refractivity contribution in [3.8, 4) is 5.75 Å². The van der Waals surface area contributed by atoms with Gasteiger partial charge >= 0.3 is 0 Å². The molecule has 1 aromatic rings. The van der Waals surface area contributed by atoms with E-state index in [1.807, 2.05) is 33.0 Å². The molecule has 1 rings (SSSR count). The fourth-order valence-electron chi connectivity index (χ4n) is 1.80. The molecular formula is C14H23NO2. The van der Waals surface area contributed by atoms with E-state index in [1.54, 1.807) is 7.11 Å². The van der Waals surface area contributed by atoms with Gasteiger partial charge in [-0.1, -0.05) is 0 Å². The Kier molecular flexibility index (Phi) is 4.04. The fraction of sp³-hybridized carbons (Fsp3) is 0.571. The molecule has 1 N–H and O–H groups in total. The van der Waals surface area contributed by atoms with Crippen LogP contribution in [-0.4, -0.2) is 31.4 Å². The molecule has 0 unspecified atom stereocenters. The minimum atomic E-state index is -0.272. The fourth-order valence-corrected chi connectivity index (χ4v) is 1.80. The standard InChI is InChI=1S/C14H23NO2/c1-10-11(2)13(17-6)8-7-12(10)15(5)14(3,4)9-16/h7-8,16H,9H2,1-6H3. The van der Waals surface area contributed by atoms with Crippen molar-refractivity contribution in [3.05, 3.63) is 23.3 Å². The number of hydrogen-bond donors (Lipinski definition) is 1. The number of rotatable bonds is 4. The van der Waals surface area contributed by atoms with Gasteiger partial charge in [-0.3, -0.25) is 0 Å². The Hall–Kier alpha value is -1.22. The SMILES string of the molecule is COc1ccc(N(C)C(C)(C)CO)c(C)c1C. The Morgan fingerprint density at radius 2 is 1.82 bits per heavy atom. The second-order valence-electron chi connectivity index (χ2n) is 5.07. The number of likely N-dealkylation sites (N-methyl/N-ethyl adjacent to an activating group) is 1. The number of nitrogens with zero attached hydrogens (tertiary/aromatic N) is 1. The van der Waals surface area contributed by atoms with Crippen molar-refractivity contribution >= 4 is 5.69 Å². The Labute approximate surface area is 104 Å². The lowest BCUT2D eigenvalue weighted by Crippen LogP contribution is -2.44. The lowest BCUT2D eigenvalue weighted by Gasteiger charge is -2.37. The van der Waals surface area contributed by atoms with E-state index in [0.29, 0.717) is 0 Å². The van der Waals surface area contributed by atoms with Gasteiger partial charge < -0.3 is 14.7 Å². The van der Waals surface area contributed by atoms with Crippen LogP contribution in [0.3, 0.4) is 0 Å². The summed E-state index contributed by atoms with van der Waals surface area (Å²) in [6, 6.07) is 4.01. The quantitative estimate of drug-likeness (QED) is 0.873. The summed E-state index contributed by atoms with van der Waals surface area (Å²) in [5.41, 5.74) is 3.19. The summed E-state index contributed by atoms with van der Waals surface area (Å²) in [4.78, 5) is 2.11. The van der Waals surface area contributed by atoms with Crippen molar-refractivity contribution in [2.45, 2.75) is 33.2 Å². The molecule has 0 atom stereocenters. The molecule has 0 saturated heterocycles. The van der Waals surface area contributed by atoms with Crippen LogP contribution in [0.25, 0.3) is 0 Å². The van der Waals surface area contributed by atoms with Crippen molar-refractivity contribution in [1.82, 2.24) is 0 Å². The first-order valence-electron chi connectivity index (χ1n) is 5.84. The van der Waals surface area contributed by atoms with Gasteiger partial charge in [0, 0.05) is 12.7 Å². The van der Waals surface area contributed by atoms with Crippen LogP contribution >= 0.6 is 0 Å². The van der Waals surface area contributed by atoms with E-state index in [2.05, 4.69) is 18.7 Å². The molecule has 96 valence electrons. The van der Waals surface area contributed by atoms with E-state index < -0.39 is 0 Å². The molecule has 3 nitrogen and oxygen atoms in total. The number of ether oxygens (including phenoxy) is 1. The van der Waals surface area contributed by atoms with Gasteiger partial charge in [-0.15, -0.1) is 0 Å². The van der Waals surface area contributed by atoms with Gasteiger partial charge in [-0.25, -0.2) is 0 Å². The van der Waals surface area contributed by atoms with E-state index in [9.17, 15) is 5.11 Å². The Morgan fingerprint density at radius 1 is 1.24 bits per heavy atom. The summed E-state index contributed by atoms with van der Waals surface area (Å²) in [5, 5.41) is 9.42. The molecule has 0 aliphatic heterocycles. The first-order chi connectivity index (χ1) is 7.85. The number of aliphatic hydroxyl groups excluding tert-OH is 1. The zero-order valence-corrected chi connectivity index (χ0v) is 11.7.